The smallest absolute Gasteiger partial charge is 0.338 e. The molecule has 0 aromatic heterocycles. The Morgan fingerprint density at radius 2 is 1.35 bits per heavy atom. The van der Waals surface area contributed by atoms with Crippen LogP contribution in [-0.2, 0) is 14.2 Å². The number of unbranched alkanes of at least 4 members (excludes halogenated alkanes) is 6. The summed E-state index contributed by atoms with van der Waals surface area (Å²) in [7, 11) is 2.42. The zero-order valence-corrected chi connectivity index (χ0v) is 15.8. The molecule has 0 aliphatic heterocycles. The molecule has 1 rings (SSSR count). The van der Waals surface area contributed by atoms with Crippen LogP contribution in [-0.4, -0.2) is 38.7 Å². The van der Waals surface area contributed by atoms with Crippen molar-refractivity contribution in [1.82, 2.24) is 0 Å². The molecule has 0 bridgehead atoms. The average molecular weight is 364 g/mol. The van der Waals surface area contributed by atoms with E-state index < -0.39 is 17.9 Å². The van der Waals surface area contributed by atoms with E-state index in [0.717, 1.165) is 19.3 Å². The fraction of sp³-hybridized carbons (Fsp3) is 0.550. The van der Waals surface area contributed by atoms with Gasteiger partial charge in [-0.25, -0.2) is 14.4 Å². The first-order valence-electron chi connectivity index (χ1n) is 9.03. The maximum atomic E-state index is 12.1. The normalized spacial score (nSPS) is 10.3. The molecule has 0 amide bonds. The molecule has 0 saturated heterocycles. The molecule has 0 radical (unpaired) electrons. The Bertz CT molecular complexity index is 608. The van der Waals surface area contributed by atoms with Gasteiger partial charge in [-0.15, -0.1) is 0 Å². The van der Waals surface area contributed by atoms with Crippen molar-refractivity contribution in [2.75, 3.05) is 20.8 Å². The van der Waals surface area contributed by atoms with Gasteiger partial charge in [0.2, 0.25) is 0 Å². The lowest BCUT2D eigenvalue weighted by molar-refractivity contribution is 0.0495. The lowest BCUT2D eigenvalue weighted by atomic mass is 10.0. The molecule has 1 aromatic carbocycles. The molecule has 0 heterocycles. The first-order valence-corrected chi connectivity index (χ1v) is 9.03. The fourth-order valence-electron chi connectivity index (χ4n) is 2.55. The summed E-state index contributed by atoms with van der Waals surface area (Å²) in [4.78, 5) is 35.7. The minimum atomic E-state index is -0.716. The second-order valence-electron chi connectivity index (χ2n) is 6.00. The van der Waals surface area contributed by atoms with Gasteiger partial charge in [0.1, 0.15) is 0 Å². The van der Waals surface area contributed by atoms with Crippen molar-refractivity contribution < 1.29 is 28.6 Å². The maximum absolute atomic E-state index is 12.1. The van der Waals surface area contributed by atoms with E-state index >= 15 is 0 Å². The molecule has 26 heavy (non-hydrogen) atoms. The summed E-state index contributed by atoms with van der Waals surface area (Å²) in [6.45, 7) is 2.52. The second kappa shape index (κ2) is 12.1. The standard InChI is InChI=1S/C20H28O6/c1-4-5-6-7-8-9-10-13-26-18(21)15-11-12-16(19(22)24-2)17(14-15)20(23)25-3/h11-12,14H,4-10,13H2,1-3H3. The fourth-order valence-corrected chi connectivity index (χ4v) is 2.55. The average Bonchev–Trinajstić information content (AvgIpc) is 2.68. The first kappa shape index (κ1) is 21.7. The van der Waals surface area contributed by atoms with Crippen molar-refractivity contribution >= 4 is 17.9 Å². The van der Waals surface area contributed by atoms with Gasteiger partial charge in [0.15, 0.2) is 0 Å². The largest absolute Gasteiger partial charge is 0.465 e. The lowest BCUT2D eigenvalue weighted by Gasteiger charge is -2.09. The van der Waals surface area contributed by atoms with Gasteiger partial charge >= 0.3 is 17.9 Å². The van der Waals surface area contributed by atoms with E-state index in [1.54, 1.807) is 0 Å². The molecule has 1 aromatic rings. The minimum Gasteiger partial charge on any atom is -0.465 e. The number of esters is 3. The van der Waals surface area contributed by atoms with Crippen LogP contribution >= 0.6 is 0 Å². The summed E-state index contributed by atoms with van der Waals surface area (Å²) in [6.07, 6.45) is 7.91. The van der Waals surface area contributed by atoms with E-state index in [2.05, 4.69) is 16.4 Å². The Hall–Kier alpha value is -2.37. The number of methoxy groups -OCH3 is 2. The van der Waals surface area contributed by atoms with Gasteiger partial charge in [-0.1, -0.05) is 45.4 Å². The van der Waals surface area contributed by atoms with E-state index in [1.165, 1.54) is 58.1 Å². The topological polar surface area (TPSA) is 78.9 Å². The molecule has 0 atom stereocenters. The Morgan fingerprint density at radius 1 is 0.769 bits per heavy atom. The Kier molecular flexibility index (Phi) is 10.1. The van der Waals surface area contributed by atoms with Crippen LogP contribution in [0.1, 0.15) is 82.9 Å². The molecule has 0 unspecified atom stereocenters. The van der Waals surface area contributed by atoms with Crippen molar-refractivity contribution in [2.45, 2.75) is 51.9 Å². The van der Waals surface area contributed by atoms with Crippen LogP contribution in [0.15, 0.2) is 18.2 Å². The van der Waals surface area contributed by atoms with Crippen LogP contribution < -0.4 is 0 Å². The van der Waals surface area contributed by atoms with Crippen molar-refractivity contribution in [3.63, 3.8) is 0 Å². The molecule has 0 N–H and O–H groups in total. The third-order valence-corrected chi connectivity index (χ3v) is 4.05. The van der Waals surface area contributed by atoms with Gasteiger partial charge in [0.25, 0.3) is 0 Å². The molecule has 0 saturated carbocycles. The van der Waals surface area contributed by atoms with Gasteiger partial charge in [-0.2, -0.15) is 0 Å². The number of hydrogen-bond acceptors (Lipinski definition) is 6. The Morgan fingerprint density at radius 3 is 1.96 bits per heavy atom. The predicted octanol–water partition coefficient (Wildman–Crippen LogP) is 4.17. The van der Waals surface area contributed by atoms with Gasteiger partial charge in [-0.3, -0.25) is 0 Å². The SMILES string of the molecule is CCCCCCCCCOC(=O)c1ccc(C(=O)OC)c(C(=O)OC)c1. The number of carbonyl (C=O) groups is 3. The molecule has 6 nitrogen and oxygen atoms in total. The molecule has 0 aliphatic carbocycles. The predicted molar refractivity (Wildman–Crippen MR) is 97.4 cm³/mol. The van der Waals surface area contributed by atoms with Gasteiger partial charge in [0, 0.05) is 0 Å². The highest BCUT2D eigenvalue weighted by Gasteiger charge is 2.21. The van der Waals surface area contributed by atoms with Crippen molar-refractivity contribution in [3.05, 3.63) is 34.9 Å². The van der Waals surface area contributed by atoms with Gasteiger partial charge < -0.3 is 14.2 Å². The summed E-state index contributed by atoms with van der Waals surface area (Å²) in [5.74, 6) is -1.92. The van der Waals surface area contributed by atoms with Crippen molar-refractivity contribution in [1.29, 1.82) is 0 Å². The monoisotopic (exact) mass is 364 g/mol. The van der Waals surface area contributed by atoms with Gasteiger partial charge in [-0.05, 0) is 24.6 Å². The molecular formula is C20H28O6. The highest BCUT2D eigenvalue weighted by molar-refractivity contribution is 6.05. The van der Waals surface area contributed by atoms with E-state index in [0.29, 0.717) is 6.61 Å². The van der Waals surface area contributed by atoms with E-state index in [9.17, 15) is 14.4 Å². The summed E-state index contributed by atoms with van der Waals surface area (Å²) < 4.78 is 14.5. The Balaban J connectivity index is 2.58. The minimum absolute atomic E-state index is 0.0234. The van der Waals surface area contributed by atoms with Crippen LogP contribution in [0.2, 0.25) is 0 Å². The summed E-state index contributed by atoms with van der Waals surface area (Å²) in [5.41, 5.74) is 0.216. The number of hydrogen-bond donors (Lipinski definition) is 0. The molecule has 0 aliphatic rings. The summed E-state index contributed by atoms with van der Waals surface area (Å²) in [5, 5.41) is 0. The molecule has 6 heteroatoms. The summed E-state index contributed by atoms with van der Waals surface area (Å²) >= 11 is 0. The first-order chi connectivity index (χ1) is 12.5. The van der Waals surface area contributed by atoms with Crippen LogP contribution in [0, 0.1) is 0 Å². The lowest BCUT2D eigenvalue weighted by Crippen LogP contribution is -2.14. The third kappa shape index (κ3) is 6.86. The van der Waals surface area contributed by atoms with Crippen LogP contribution in [0.3, 0.4) is 0 Å². The number of benzene rings is 1. The molecule has 144 valence electrons. The highest BCUT2D eigenvalue weighted by Crippen LogP contribution is 2.16. The number of carbonyl (C=O) groups excluding carboxylic acids is 3. The molecule has 0 fully saturated rings. The summed E-state index contributed by atoms with van der Waals surface area (Å²) in [6, 6.07) is 4.10. The van der Waals surface area contributed by atoms with Crippen molar-refractivity contribution in [2.24, 2.45) is 0 Å². The van der Waals surface area contributed by atoms with Crippen molar-refractivity contribution in [3.8, 4) is 0 Å². The highest BCUT2D eigenvalue weighted by atomic mass is 16.5. The number of ether oxygens (including phenoxy) is 3. The zero-order valence-electron chi connectivity index (χ0n) is 15.8. The van der Waals surface area contributed by atoms with E-state index in [-0.39, 0.29) is 16.7 Å². The van der Waals surface area contributed by atoms with Crippen LogP contribution in [0.4, 0.5) is 0 Å². The molecule has 0 spiro atoms. The molecular weight excluding hydrogens is 336 g/mol. The zero-order chi connectivity index (χ0) is 19.4. The van der Waals surface area contributed by atoms with Crippen LogP contribution in [0.5, 0.6) is 0 Å². The second-order valence-corrected chi connectivity index (χ2v) is 6.00. The third-order valence-electron chi connectivity index (χ3n) is 4.05. The number of rotatable bonds is 11. The van der Waals surface area contributed by atoms with E-state index in [1.807, 2.05) is 0 Å². The maximum Gasteiger partial charge on any atom is 0.338 e. The van der Waals surface area contributed by atoms with Gasteiger partial charge in [0.05, 0.1) is 37.5 Å². The quantitative estimate of drug-likeness (QED) is 0.333. The Labute approximate surface area is 154 Å². The van der Waals surface area contributed by atoms with Crippen LogP contribution in [0.25, 0.3) is 0 Å². The van der Waals surface area contributed by atoms with E-state index in [4.69, 9.17) is 4.74 Å².